The van der Waals surface area contributed by atoms with Crippen molar-refractivity contribution in [1.29, 1.82) is 0 Å². The third-order valence-electron chi connectivity index (χ3n) is 3.47. The summed E-state index contributed by atoms with van der Waals surface area (Å²) < 4.78 is 20.0. The van der Waals surface area contributed by atoms with Gasteiger partial charge in [-0.3, -0.25) is 4.79 Å². The van der Waals surface area contributed by atoms with Gasteiger partial charge in [0.25, 0.3) is 0 Å². The summed E-state index contributed by atoms with van der Waals surface area (Å²) in [6.45, 7) is 2.16. The molecule has 2 rings (SSSR count). The van der Waals surface area contributed by atoms with Crippen molar-refractivity contribution in [2.75, 3.05) is 27.4 Å². The summed E-state index contributed by atoms with van der Waals surface area (Å²) in [6, 6.07) is 7.03. The Bertz CT molecular complexity index is 474. The molecule has 2 N–H and O–H groups in total. The summed E-state index contributed by atoms with van der Waals surface area (Å²) >= 11 is 0. The first kappa shape index (κ1) is 20.4. The molecule has 0 bridgehead atoms. The minimum atomic E-state index is -0.992. The number of carbonyl (C=O) groups is 1. The van der Waals surface area contributed by atoms with E-state index in [0.29, 0.717) is 25.0 Å². The Labute approximate surface area is 142 Å². The number of aliphatic hydroxyl groups excluding tert-OH is 2. The molecule has 1 aliphatic rings. The highest BCUT2D eigenvalue weighted by atomic mass is 16.6. The van der Waals surface area contributed by atoms with Crippen LogP contribution in [0.3, 0.4) is 0 Å². The quantitative estimate of drug-likeness (QED) is 0.617. The lowest BCUT2D eigenvalue weighted by molar-refractivity contribution is -0.150. The second kappa shape index (κ2) is 11.0. The van der Waals surface area contributed by atoms with E-state index in [1.165, 1.54) is 14.0 Å². The number of rotatable bonds is 5. The number of esters is 1. The average Bonchev–Trinajstić information content (AvgIpc) is 2.60. The molecule has 1 aromatic carbocycles. The number of ether oxygens (including phenoxy) is 4. The minimum Gasteiger partial charge on any atom is -0.497 e. The van der Waals surface area contributed by atoms with Crippen molar-refractivity contribution in [3.8, 4) is 5.75 Å². The molecule has 3 unspecified atom stereocenters. The van der Waals surface area contributed by atoms with Gasteiger partial charge in [0.2, 0.25) is 0 Å². The Hall–Kier alpha value is -1.67. The van der Waals surface area contributed by atoms with Gasteiger partial charge in [0.1, 0.15) is 5.75 Å². The Morgan fingerprint density at radius 1 is 1.33 bits per heavy atom. The molecule has 1 saturated heterocycles. The van der Waals surface area contributed by atoms with Gasteiger partial charge in [-0.05, 0) is 18.6 Å². The molecule has 136 valence electrons. The fourth-order valence-electron chi connectivity index (χ4n) is 2.04. The predicted molar refractivity (Wildman–Crippen MR) is 86.6 cm³/mol. The molecule has 1 aromatic rings. The van der Waals surface area contributed by atoms with Gasteiger partial charge < -0.3 is 29.2 Å². The number of methoxy groups -OCH3 is 2. The molecule has 0 spiro atoms. The summed E-state index contributed by atoms with van der Waals surface area (Å²) in [7, 11) is 2.94. The first-order chi connectivity index (χ1) is 11.5. The standard InChI is InChI=1S/C14H20O5.C3H6O2/c1-17-12-4-2-10(3-5-12)14(16)19-9-13-8-11(15)6-7-18-13;1-3(4)5-2/h2-5,11,13-16H,6-9H2,1H3;1-2H3. The molecular weight excluding hydrogens is 316 g/mol. The molecule has 7 nitrogen and oxygen atoms in total. The van der Waals surface area contributed by atoms with Crippen molar-refractivity contribution < 1.29 is 34.0 Å². The van der Waals surface area contributed by atoms with Crippen LogP contribution in [0.4, 0.5) is 0 Å². The highest BCUT2D eigenvalue weighted by Crippen LogP contribution is 2.20. The van der Waals surface area contributed by atoms with Crippen molar-refractivity contribution in [3.05, 3.63) is 29.8 Å². The maximum Gasteiger partial charge on any atom is 0.302 e. The van der Waals surface area contributed by atoms with Gasteiger partial charge >= 0.3 is 5.97 Å². The van der Waals surface area contributed by atoms with E-state index in [9.17, 15) is 15.0 Å². The van der Waals surface area contributed by atoms with Crippen LogP contribution in [0.15, 0.2) is 24.3 Å². The molecule has 7 heteroatoms. The number of aliphatic hydroxyl groups is 2. The lowest BCUT2D eigenvalue weighted by Gasteiger charge is -2.27. The van der Waals surface area contributed by atoms with Crippen molar-refractivity contribution in [2.24, 2.45) is 0 Å². The molecule has 0 radical (unpaired) electrons. The monoisotopic (exact) mass is 342 g/mol. The molecule has 1 heterocycles. The number of hydrogen-bond acceptors (Lipinski definition) is 7. The van der Waals surface area contributed by atoms with E-state index in [0.717, 1.165) is 5.75 Å². The van der Waals surface area contributed by atoms with Crippen LogP contribution in [0.2, 0.25) is 0 Å². The molecule has 0 saturated carbocycles. The van der Waals surface area contributed by atoms with Crippen molar-refractivity contribution in [3.63, 3.8) is 0 Å². The van der Waals surface area contributed by atoms with Gasteiger partial charge in [0.15, 0.2) is 6.29 Å². The Kier molecular flexibility index (Phi) is 9.33. The van der Waals surface area contributed by atoms with Crippen LogP contribution in [-0.4, -0.2) is 55.8 Å². The van der Waals surface area contributed by atoms with Gasteiger partial charge in [-0.25, -0.2) is 0 Å². The van der Waals surface area contributed by atoms with E-state index in [4.69, 9.17) is 14.2 Å². The zero-order valence-electron chi connectivity index (χ0n) is 14.3. The molecule has 1 fully saturated rings. The lowest BCUT2D eigenvalue weighted by Crippen LogP contribution is -2.32. The molecule has 0 aliphatic carbocycles. The van der Waals surface area contributed by atoms with Crippen LogP contribution in [0, 0.1) is 0 Å². The van der Waals surface area contributed by atoms with E-state index >= 15 is 0 Å². The van der Waals surface area contributed by atoms with Crippen LogP contribution in [0.25, 0.3) is 0 Å². The first-order valence-electron chi connectivity index (χ1n) is 7.74. The zero-order valence-corrected chi connectivity index (χ0v) is 14.3. The highest BCUT2D eigenvalue weighted by molar-refractivity contribution is 5.65. The molecule has 1 aliphatic heterocycles. The fourth-order valence-corrected chi connectivity index (χ4v) is 2.04. The number of hydrogen-bond donors (Lipinski definition) is 2. The zero-order chi connectivity index (χ0) is 17.9. The maximum absolute atomic E-state index is 9.90. The Morgan fingerprint density at radius 2 is 1.96 bits per heavy atom. The lowest BCUT2D eigenvalue weighted by atomic mass is 10.1. The molecule has 24 heavy (non-hydrogen) atoms. The summed E-state index contributed by atoms with van der Waals surface area (Å²) in [4.78, 5) is 9.59. The normalized spacial score (nSPS) is 21.2. The van der Waals surface area contributed by atoms with E-state index < -0.39 is 6.29 Å². The van der Waals surface area contributed by atoms with Crippen LogP contribution >= 0.6 is 0 Å². The molecule has 0 aromatic heterocycles. The Balaban J connectivity index is 0.000000505. The predicted octanol–water partition coefficient (Wildman–Crippen LogP) is 1.42. The second-order valence-electron chi connectivity index (χ2n) is 5.33. The number of carbonyl (C=O) groups excluding carboxylic acids is 1. The van der Waals surface area contributed by atoms with Crippen molar-refractivity contribution >= 4 is 5.97 Å². The maximum atomic E-state index is 9.90. The minimum absolute atomic E-state index is 0.156. The topological polar surface area (TPSA) is 94.5 Å². The summed E-state index contributed by atoms with van der Waals surface area (Å²) in [5.74, 6) is 0.486. The summed E-state index contributed by atoms with van der Waals surface area (Å²) in [5.41, 5.74) is 0.664. The molecule has 3 atom stereocenters. The van der Waals surface area contributed by atoms with Gasteiger partial charge in [-0.2, -0.15) is 0 Å². The average molecular weight is 342 g/mol. The van der Waals surface area contributed by atoms with E-state index in [1.807, 2.05) is 0 Å². The van der Waals surface area contributed by atoms with Crippen LogP contribution in [0.5, 0.6) is 5.75 Å². The van der Waals surface area contributed by atoms with Gasteiger partial charge in [0, 0.05) is 25.5 Å². The first-order valence-corrected chi connectivity index (χ1v) is 7.74. The second-order valence-corrected chi connectivity index (χ2v) is 5.33. The van der Waals surface area contributed by atoms with E-state index in [-0.39, 0.29) is 24.8 Å². The largest absolute Gasteiger partial charge is 0.497 e. The van der Waals surface area contributed by atoms with Crippen molar-refractivity contribution in [2.45, 2.75) is 38.3 Å². The van der Waals surface area contributed by atoms with Crippen LogP contribution < -0.4 is 4.74 Å². The Morgan fingerprint density at radius 3 is 2.46 bits per heavy atom. The molecule has 0 amide bonds. The van der Waals surface area contributed by atoms with Gasteiger partial charge in [-0.1, -0.05) is 12.1 Å². The SMILES string of the molecule is COC(C)=O.COc1ccc(C(O)OCC2CC(O)CCO2)cc1. The summed E-state index contributed by atoms with van der Waals surface area (Å²) in [5, 5.41) is 19.4. The van der Waals surface area contributed by atoms with Gasteiger partial charge in [-0.15, -0.1) is 0 Å². The smallest absolute Gasteiger partial charge is 0.302 e. The van der Waals surface area contributed by atoms with E-state index in [2.05, 4.69) is 4.74 Å². The van der Waals surface area contributed by atoms with E-state index in [1.54, 1.807) is 31.4 Å². The third-order valence-corrected chi connectivity index (χ3v) is 3.47. The van der Waals surface area contributed by atoms with Crippen molar-refractivity contribution in [1.82, 2.24) is 0 Å². The number of benzene rings is 1. The third kappa shape index (κ3) is 7.74. The molecular formula is C17H26O7. The summed E-state index contributed by atoms with van der Waals surface area (Å²) in [6.07, 6.45) is -0.266. The van der Waals surface area contributed by atoms with Gasteiger partial charge in [0.05, 0.1) is 33.0 Å². The van der Waals surface area contributed by atoms with Crippen LogP contribution in [-0.2, 0) is 19.0 Å². The fraction of sp³-hybridized carbons (Fsp3) is 0.588. The van der Waals surface area contributed by atoms with Crippen LogP contribution in [0.1, 0.15) is 31.6 Å². The highest BCUT2D eigenvalue weighted by Gasteiger charge is 2.22.